The van der Waals surface area contributed by atoms with Crippen molar-refractivity contribution < 1.29 is 9.32 Å². The lowest BCUT2D eigenvalue weighted by Crippen LogP contribution is -2.14. The molecule has 0 saturated carbocycles. The van der Waals surface area contributed by atoms with Crippen LogP contribution in [-0.2, 0) is 0 Å². The quantitative estimate of drug-likeness (QED) is 0.849. The van der Waals surface area contributed by atoms with Gasteiger partial charge in [0.15, 0.2) is 5.82 Å². The van der Waals surface area contributed by atoms with Gasteiger partial charge in [0.25, 0.3) is 5.91 Å². The molecule has 0 aliphatic rings. The number of hydrogen-bond acceptors (Lipinski definition) is 6. The van der Waals surface area contributed by atoms with Gasteiger partial charge in [-0.05, 0) is 26.0 Å². The van der Waals surface area contributed by atoms with Gasteiger partial charge >= 0.3 is 6.01 Å². The minimum Gasteiger partial charge on any atom is -0.384 e. The van der Waals surface area contributed by atoms with Gasteiger partial charge in [-0.15, -0.1) is 0 Å². The summed E-state index contributed by atoms with van der Waals surface area (Å²) in [5.41, 5.74) is 1.15. The molecule has 0 saturated heterocycles. The van der Waals surface area contributed by atoms with Crippen molar-refractivity contribution in [1.82, 2.24) is 15.1 Å². The number of amides is 1. The van der Waals surface area contributed by atoms with Gasteiger partial charge in [0.2, 0.25) is 0 Å². The molecule has 0 atom stereocenters. The zero-order chi connectivity index (χ0) is 13.0. The highest BCUT2D eigenvalue weighted by Gasteiger charge is 2.11. The second kappa shape index (κ2) is 5.26. The van der Waals surface area contributed by atoms with E-state index in [4.69, 9.17) is 4.52 Å². The second-order valence-corrected chi connectivity index (χ2v) is 3.56. The summed E-state index contributed by atoms with van der Waals surface area (Å²) in [6.07, 6.45) is 1.59. The predicted octanol–water partition coefficient (Wildman–Crippen LogP) is 1.46. The Morgan fingerprint density at radius 1 is 1.44 bits per heavy atom. The normalized spacial score (nSPS) is 10.1. The van der Waals surface area contributed by atoms with E-state index in [1.54, 1.807) is 25.3 Å². The van der Waals surface area contributed by atoms with E-state index in [9.17, 15) is 4.79 Å². The van der Waals surface area contributed by atoms with Gasteiger partial charge in [-0.1, -0.05) is 5.16 Å². The molecule has 0 bridgehead atoms. The van der Waals surface area contributed by atoms with Crippen LogP contribution in [0.2, 0.25) is 0 Å². The Morgan fingerprint density at radius 2 is 2.28 bits per heavy atom. The average Bonchev–Trinajstić information content (AvgIpc) is 2.76. The SMILES string of the molecule is CCNc1ccc(C(=O)Nc2nc(C)no2)nc1. The molecular formula is C11H13N5O2. The number of carbonyl (C=O) groups is 1. The Bertz CT molecular complexity index is 535. The first-order valence-electron chi connectivity index (χ1n) is 5.50. The number of aromatic nitrogens is 3. The second-order valence-electron chi connectivity index (χ2n) is 3.56. The molecule has 0 aliphatic carbocycles. The summed E-state index contributed by atoms with van der Waals surface area (Å²) in [6, 6.07) is 3.47. The lowest BCUT2D eigenvalue weighted by atomic mass is 10.3. The molecule has 2 N–H and O–H groups in total. The van der Waals surface area contributed by atoms with Gasteiger partial charge < -0.3 is 9.84 Å². The summed E-state index contributed by atoms with van der Waals surface area (Å²) in [4.78, 5) is 19.7. The molecule has 0 radical (unpaired) electrons. The molecule has 0 aliphatic heterocycles. The van der Waals surface area contributed by atoms with Crippen molar-refractivity contribution in [3.63, 3.8) is 0 Å². The van der Waals surface area contributed by atoms with E-state index in [1.165, 1.54) is 0 Å². The highest BCUT2D eigenvalue weighted by atomic mass is 16.5. The lowest BCUT2D eigenvalue weighted by molar-refractivity contribution is 0.101. The van der Waals surface area contributed by atoms with Crippen molar-refractivity contribution in [1.29, 1.82) is 0 Å². The summed E-state index contributed by atoms with van der Waals surface area (Å²) >= 11 is 0. The van der Waals surface area contributed by atoms with Crippen molar-refractivity contribution in [3.8, 4) is 0 Å². The summed E-state index contributed by atoms with van der Waals surface area (Å²) in [6.45, 7) is 4.45. The number of nitrogens with one attached hydrogen (secondary N) is 2. The van der Waals surface area contributed by atoms with Crippen LogP contribution in [0.25, 0.3) is 0 Å². The first kappa shape index (κ1) is 12.0. The fourth-order valence-electron chi connectivity index (χ4n) is 1.35. The smallest absolute Gasteiger partial charge is 0.328 e. The van der Waals surface area contributed by atoms with Crippen LogP contribution in [-0.4, -0.2) is 27.6 Å². The Kier molecular flexibility index (Phi) is 3.52. The van der Waals surface area contributed by atoms with Crippen molar-refractivity contribution in [3.05, 3.63) is 29.8 Å². The number of anilines is 2. The molecule has 2 heterocycles. The summed E-state index contributed by atoms with van der Waals surface area (Å²) in [5.74, 6) is 0.0717. The summed E-state index contributed by atoms with van der Waals surface area (Å²) in [5, 5.41) is 9.13. The fourth-order valence-corrected chi connectivity index (χ4v) is 1.35. The minimum atomic E-state index is -0.387. The van der Waals surface area contributed by atoms with Gasteiger partial charge in [-0.3, -0.25) is 10.1 Å². The van der Waals surface area contributed by atoms with Crippen molar-refractivity contribution in [2.75, 3.05) is 17.2 Å². The van der Waals surface area contributed by atoms with E-state index >= 15 is 0 Å². The van der Waals surface area contributed by atoms with E-state index < -0.39 is 0 Å². The van der Waals surface area contributed by atoms with Gasteiger partial charge in [0.05, 0.1) is 11.9 Å². The predicted molar refractivity (Wildman–Crippen MR) is 65.4 cm³/mol. The molecule has 7 nitrogen and oxygen atoms in total. The molecule has 2 rings (SSSR count). The van der Waals surface area contributed by atoms with Crippen molar-refractivity contribution >= 4 is 17.6 Å². The number of rotatable bonds is 4. The topological polar surface area (TPSA) is 92.9 Å². The molecule has 7 heteroatoms. The third-order valence-electron chi connectivity index (χ3n) is 2.13. The van der Waals surface area contributed by atoms with E-state index in [0.29, 0.717) is 5.82 Å². The van der Waals surface area contributed by atoms with E-state index in [0.717, 1.165) is 12.2 Å². The Balaban J connectivity index is 2.04. The maximum Gasteiger partial charge on any atom is 0.328 e. The van der Waals surface area contributed by atoms with Gasteiger partial charge in [0, 0.05) is 6.54 Å². The van der Waals surface area contributed by atoms with Crippen LogP contribution in [0.4, 0.5) is 11.7 Å². The van der Waals surface area contributed by atoms with Gasteiger partial charge in [0.1, 0.15) is 5.69 Å². The first-order valence-corrected chi connectivity index (χ1v) is 5.50. The van der Waals surface area contributed by atoms with Crippen molar-refractivity contribution in [2.45, 2.75) is 13.8 Å². The molecule has 0 fully saturated rings. The Morgan fingerprint density at radius 3 is 2.83 bits per heavy atom. The van der Waals surface area contributed by atoms with Crippen LogP contribution in [0.1, 0.15) is 23.2 Å². The fraction of sp³-hybridized carbons (Fsp3) is 0.273. The van der Waals surface area contributed by atoms with Crippen LogP contribution in [0.3, 0.4) is 0 Å². The number of nitrogens with zero attached hydrogens (tertiary/aromatic N) is 3. The Labute approximate surface area is 104 Å². The maximum absolute atomic E-state index is 11.8. The van der Waals surface area contributed by atoms with Crippen LogP contribution in [0.5, 0.6) is 0 Å². The molecule has 2 aromatic heterocycles. The summed E-state index contributed by atoms with van der Waals surface area (Å²) < 4.78 is 4.79. The monoisotopic (exact) mass is 247 g/mol. The number of pyridine rings is 1. The number of hydrogen-bond donors (Lipinski definition) is 2. The maximum atomic E-state index is 11.8. The third-order valence-corrected chi connectivity index (χ3v) is 2.13. The molecule has 0 unspecified atom stereocenters. The lowest BCUT2D eigenvalue weighted by Gasteiger charge is -2.03. The van der Waals surface area contributed by atoms with E-state index in [1.807, 2.05) is 6.92 Å². The van der Waals surface area contributed by atoms with Crippen LogP contribution in [0.15, 0.2) is 22.9 Å². The highest BCUT2D eigenvalue weighted by Crippen LogP contribution is 2.08. The van der Waals surface area contributed by atoms with Gasteiger partial charge in [-0.2, -0.15) is 4.98 Å². The van der Waals surface area contributed by atoms with E-state index in [2.05, 4.69) is 25.8 Å². The minimum absolute atomic E-state index is 0.0649. The molecule has 0 spiro atoms. The molecule has 18 heavy (non-hydrogen) atoms. The summed E-state index contributed by atoms with van der Waals surface area (Å²) in [7, 11) is 0. The number of carbonyl (C=O) groups excluding carboxylic acids is 1. The molecular weight excluding hydrogens is 234 g/mol. The zero-order valence-electron chi connectivity index (χ0n) is 10.1. The van der Waals surface area contributed by atoms with E-state index in [-0.39, 0.29) is 17.6 Å². The molecule has 1 amide bonds. The van der Waals surface area contributed by atoms with Crippen LogP contribution >= 0.6 is 0 Å². The third kappa shape index (κ3) is 2.82. The van der Waals surface area contributed by atoms with Crippen LogP contribution < -0.4 is 10.6 Å². The van der Waals surface area contributed by atoms with Crippen molar-refractivity contribution in [2.24, 2.45) is 0 Å². The Hall–Kier alpha value is -2.44. The number of aryl methyl sites for hydroxylation is 1. The average molecular weight is 247 g/mol. The standard InChI is InChI=1S/C11H13N5O2/c1-3-12-8-4-5-9(13-6-8)10(17)15-11-14-7(2)16-18-11/h4-6,12H,3H2,1-2H3,(H,14,15,16,17). The largest absolute Gasteiger partial charge is 0.384 e. The van der Waals surface area contributed by atoms with Crippen LogP contribution in [0, 0.1) is 6.92 Å². The molecule has 0 aromatic carbocycles. The highest BCUT2D eigenvalue weighted by molar-refractivity contribution is 6.01. The first-order chi connectivity index (χ1) is 8.69. The molecule has 2 aromatic rings. The van der Waals surface area contributed by atoms with Gasteiger partial charge in [-0.25, -0.2) is 4.98 Å². The zero-order valence-corrected chi connectivity index (χ0v) is 10.1. The molecule has 94 valence electrons.